The summed E-state index contributed by atoms with van der Waals surface area (Å²) in [5.74, 6) is 0.120. The van der Waals surface area contributed by atoms with Gasteiger partial charge in [-0.2, -0.15) is 0 Å². The number of anilines is 1. The van der Waals surface area contributed by atoms with Crippen LogP contribution >= 0.6 is 0 Å². The lowest BCUT2D eigenvalue weighted by Gasteiger charge is -2.41. The Labute approximate surface area is 148 Å². The normalized spacial score (nSPS) is 21.2. The van der Waals surface area contributed by atoms with Crippen LogP contribution < -0.4 is 5.32 Å². The number of hydrogen-bond donors (Lipinski definition) is 2. The summed E-state index contributed by atoms with van der Waals surface area (Å²) in [6.45, 7) is 8.51. The van der Waals surface area contributed by atoms with Crippen LogP contribution in [0.3, 0.4) is 0 Å². The zero-order valence-electron chi connectivity index (χ0n) is 15.2. The van der Waals surface area contributed by atoms with E-state index in [4.69, 9.17) is 0 Å². The fourth-order valence-corrected chi connectivity index (χ4v) is 3.74. The van der Waals surface area contributed by atoms with Crippen LogP contribution in [0.25, 0.3) is 0 Å². The van der Waals surface area contributed by atoms with Gasteiger partial charge in [-0.05, 0) is 38.0 Å². The van der Waals surface area contributed by atoms with Crippen LogP contribution in [-0.4, -0.2) is 64.5 Å². The van der Waals surface area contributed by atoms with Crippen molar-refractivity contribution >= 4 is 17.5 Å². The van der Waals surface area contributed by atoms with E-state index >= 15 is 0 Å². The third-order valence-corrected chi connectivity index (χ3v) is 4.80. The molecule has 2 aliphatic heterocycles. The Hall–Kier alpha value is -1.92. The molecule has 3 rings (SSSR count). The maximum absolute atomic E-state index is 12.7. The molecule has 0 aliphatic carbocycles. The van der Waals surface area contributed by atoms with Gasteiger partial charge in [-0.25, -0.2) is 0 Å². The molecule has 1 saturated heterocycles. The number of β-amino-alcohol motifs (C(OH)–C–C–N with tert-alkyl or cyclic N) is 1. The van der Waals surface area contributed by atoms with E-state index in [1.54, 1.807) is 0 Å². The van der Waals surface area contributed by atoms with Crippen molar-refractivity contribution in [1.82, 2.24) is 9.80 Å². The quantitative estimate of drug-likeness (QED) is 0.855. The number of aliphatic hydroxyl groups is 1. The smallest absolute Gasteiger partial charge is 0.228 e. The number of carbonyl (C=O) groups excluding carboxylic acids is 2. The largest absolute Gasteiger partial charge is 0.389 e. The molecule has 0 saturated carbocycles. The van der Waals surface area contributed by atoms with Crippen molar-refractivity contribution in [3.63, 3.8) is 0 Å². The van der Waals surface area contributed by atoms with E-state index < -0.39 is 5.60 Å². The lowest BCUT2D eigenvalue weighted by Crippen LogP contribution is -2.56. The Kier molecular flexibility index (Phi) is 4.84. The Bertz CT molecular complexity index is 681. The Morgan fingerprint density at radius 3 is 2.80 bits per heavy atom. The fourth-order valence-electron chi connectivity index (χ4n) is 3.74. The minimum Gasteiger partial charge on any atom is -0.389 e. The molecular formula is C19H27N3O3. The number of amides is 2. The van der Waals surface area contributed by atoms with Gasteiger partial charge < -0.3 is 15.3 Å². The first-order chi connectivity index (χ1) is 11.7. The SMILES string of the molecule is C[C@H]1CN(CC(C)(C)O)CCN1C(=O)Cc1ccc2c(c1)NC(=O)C2. The molecule has 2 aliphatic rings. The number of nitrogens with one attached hydrogen (secondary N) is 1. The van der Waals surface area contributed by atoms with E-state index in [1.807, 2.05) is 36.9 Å². The molecule has 2 heterocycles. The molecule has 1 atom stereocenters. The van der Waals surface area contributed by atoms with Gasteiger partial charge in [0.1, 0.15) is 0 Å². The lowest BCUT2D eigenvalue weighted by molar-refractivity contribution is -0.135. The summed E-state index contributed by atoms with van der Waals surface area (Å²) in [5, 5.41) is 12.8. The van der Waals surface area contributed by atoms with Gasteiger partial charge in [0, 0.05) is 37.9 Å². The molecule has 0 radical (unpaired) electrons. The van der Waals surface area contributed by atoms with Gasteiger partial charge in [-0.1, -0.05) is 12.1 Å². The third kappa shape index (κ3) is 4.38. The second-order valence-corrected chi connectivity index (χ2v) is 7.88. The Morgan fingerprint density at radius 2 is 2.12 bits per heavy atom. The van der Waals surface area contributed by atoms with E-state index in [1.165, 1.54) is 0 Å². The minimum atomic E-state index is -0.721. The summed E-state index contributed by atoms with van der Waals surface area (Å²) < 4.78 is 0. The molecule has 1 aromatic rings. The Balaban J connectivity index is 1.59. The zero-order chi connectivity index (χ0) is 18.2. The summed E-state index contributed by atoms with van der Waals surface area (Å²) >= 11 is 0. The number of piperazine rings is 1. The average Bonchev–Trinajstić information content (AvgIpc) is 2.84. The van der Waals surface area contributed by atoms with Crippen LogP contribution in [-0.2, 0) is 22.4 Å². The minimum absolute atomic E-state index is 0.00929. The van der Waals surface area contributed by atoms with Crippen LogP contribution in [0.1, 0.15) is 31.9 Å². The lowest BCUT2D eigenvalue weighted by atomic mass is 10.0. The van der Waals surface area contributed by atoms with Gasteiger partial charge in [-0.15, -0.1) is 0 Å². The van der Waals surface area contributed by atoms with Gasteiger partial charge in [0.05, 0.1) is 18.4 Å². The molecule has 136 valence electrons. The second kappa shape index (κ2) is 6.77. The van der Waals surface area contributed by atoms with E-state index in [9.17, 15) is 14.7 Å². The first-order valence-electron chi connectivity index (χ1n) is 8.87. The predicted molar refractivity (Wildman–Crippen MR) is 96.4 cm³/mol. The van der Waals surface area contributed by atoms with Gasteiger partial charge >= 0.3 is 0 Å². The molecule has 2 N–H and O–H groups in total. The highest BCUT2D eigenvalue weighted by atomic mass is 16.3. The maximum atomic E-state index is 12.7. The molecule has 6 heteroatoms. The van der Waals surface area contributed by atoms with Gasteiger partial charge in [0.2, 0.25) is 11.8 Å². The van der Waals surface area contributed by atoms with Gasteiger partial charge in [0.25, 0.3) is 0 Å². The van der Waals surface area contributed by atoms with Crippen molar-refractivity contribution in [2.24, 2.45) is 0 Å². The van der Waals surface area contributed by atoms with E-state index in [0.717, 1.165) is 29.9 Å². The van der Waals surface area contributed by atoms with Crippen molar-refractivity contribution in [3.05, 3.63) is 29.3 Å². The highest BCUT2D eigenvalue weighted by Crippen LogP contribution is 2.24. The van der Waals surface area contributed by atoms with E-state index in [0.29, 0.717) is 25.9 Å². The van der Waals surface area contributed by atoms with Crippen LogP contribution in [0.4, 0.5) is 5.69 Å². The second-order valence-electron chi connectivity index (χ2n) is 7.88. The maximum Gasteiger partial charge on any atom is 0.228 e. The third-order valence-electron chi connectivity index (χ3n) is 4.80. The molecule has 0 unspecified atom stereocenters. The zero-order valence-corrected chi connectivity index (χ0v) is 15.2. The first-order valence-corrected chi connectivity index (χ1v) is 8.87. The molecule has 6 nitrogen and oxygen atoms in total. The summed E-state index contributed by atoms with van der Waals surface area (Å²) in [6, 6.07) is 5.90. The van der Waals surface area contributed by atoms with Crippen molar-refractivity contribution in [1.29, 1.82) is 0 Å². The van der Waals surface area contributed by atoms with Crippen molar-refractivity contribution < 1.29 is 14.7 Å². The molecule has 25 heavy (non-hydrogen) atoms. The number of carbonyl (C=O) groups is 2. The fraction of sp³-hybridized carbons (Fsp3) is 0.579. The number of nitrogens with zero attached hydrogens (tertiary/aromatic N) is 2. The van der Waals surface area contributed by atoms with Crippen LogP contribution in [0.2, 0.25) is 0 Å². The summed E-state index contributed by atoms with van der Waals surface area (Å²) in [6.07, 6.45) is 0.767. The monoisotopic (exact) mass is 345 g/mol. The standard InChI is InChI=1S/C19H27N3O3/c1-13-11-21(12-19(2,3)25)6-7-22(13)18(24)9-14-4-5-15-10-17(23)20-16(15)8-14/h4-5,8,13,25H,6-7,9-12H2,1-3H3,(H,20,23)/t13-/m0/s1. The first kappa shape index (κ1) is 17.9. The van der Waals surface area contributed by atoms with Gasteiger partial charge in [0.15, 0.2) is 0 Å². The highest BCUT2D eigenvalue weighted by Gasteiger charge is 2.30. The topological polar surface area (TPSA) is 72.9 Å². The average molecular weight is 345 g/mol. The molecule has 0 bridgehead atoms. The van der Waals surface area contributed by atoms with Crippen molar-refractivity contribution in [2.75, 3.05) is 31.5 Å². The molecular weight excluding hydrogens is 318 g/mol. The number of hydrogen-bond acceptors (Lipinski definition) is 4. The number of rotatable bonds is 4. The molecule has 0 spiro atoms. The van der Waals surface area contributed by atoms with Gasteiger partial charge in [-0.3, -0.25) is 14.5 Å². The highest BCUT2D eigenvalue weighted by molar-refractivity contribution is 5.99. The van der Waals surface area contributed by atoms with Crippen molar-refractivity contribution in [2.45, 2.75) is 45.3 Å². The van der Waals surface area contributed by atoms with E-state index in [2.05, 4.69) is 17.1 Å². The van der Waals surface area contributed by atoms with Crippen LogP contribution in [0.15, 0.2) is 18.2 Å². The summed E-state index contributed by atoms with van der Waals surface area (Å²) in [4.78, 5) is 28.3. The summed E-state index contributed by atoms with van der Waals surface area (Å²) in [5.41, 5.74) is 2.03. The number of fused-ring (bicyclic) bond motifs is 1. The molecule has 1 aromatic carbocycles. The Morgan fingerprint density at radius 1 is 1.36 bits per heavy atom. The van der Waals surface area contributed by atoms with Crippen LogP contribution in [0, 0.1) is 0 Å². The summed E-state index contributed by atoms with van der Waals surface area (Å²) in [7, 11) is 0. The number of benzene rings is 1. The van der Waals surface area contributed by atoms with Crippen LogP contribution in [0.5, 0.6) is 0 Å². The predicted octanol–water partition coefficient (Wildman–Crippen LogP) is 1.03. The van der Waals surface area contributed by atoms with Crippen molar-refractivity contribution in [3.8, 4) is 0 Å². The molecule has 0 aromatic heterocycles. The molecule has 2 amide bonds. The molecule has 1 fully saturated rings. The van der Waals surface area contributed by atoms with E-state index in [-0.39, 0.29) is 17.9 Å².